The second-order valence-corrected chi connectivity index (χ2v) is 6.43. The van der Waals surface area contributed by atoms with Crippen molar-refractivity contribution in [2.24, 2.45) is 11.5 Å². The number of aromatic amines is 1. The number of fused-ring (bicyclic) bond motifs is 1. The van der Waals surface area contributed by atoms with Crippen molar-refractivity contribution < 1.29 is 9.59 Å². The third-order valence-corrected chi connectivity index (χ3v) is 4.05. The second kappa shape index (κ2) is 6.89. The molecular weight excluding hydrogens is 330 g/mol. The van der Waals surface area contributed by atoms with Gasteiger partial charge < -0.3 is 21.4 Å². The molecule has 3 aromatic rings. The lowest BCUT2D eigenvalue weighted by atomic mass is 10.0. The van der Waals surface area contributed by atoms with Gasteiger partial charge in [-0.2, -0.15) is 0 Å². The smallest absolute Gasteiger partial charge is 0.317 e. The minimum absolute atomic E-state index is 0.207. The number of nitrogens with two attached hydrogens (primary N) is 2. The van der Waals surface area contributed by atoms with Gasteiger partial charge in [0.2, 0.25) is 0 Å². The number of rotatable bonds is 5. The SMILES string of the molecule is CN(C)Cc1cccc(-c2ccc3c(C(N)=O)c(NC(N)=O)[nH]c3c2)c1. The number of amides is 3. The van der Waals surface area contributed by atoms with Crippen molar-refractivity contribution in [2.45, 2.75) is 6.54 Å². The standard InChI is InChI=1S/C19H21N5O2/c1-24(2)10-11-4-3-5-12(8-11)13-6-7-14-15(9-13)22-18(23-19(21)26)16(14)17(20)25/h3-9,22H,10H2,1-2H3,(H2,20,25)(H3,21,23,26). The van der Waals surface area contributed by atoms with E-state index in [0.717, 1.165) is 17.7 Å². The Bertz CT molecular complexity index is 991. The van der Waals surface area contributed by atoms with Crippen LogP contribution in [0.25, 0.3) is 22.0 Å². The summed E-state index contributed by atoms with van der Waals surface area (Å²) in [6.07, 6.45) is 0. The first-order valence-electron chi connectivity index (χ1n) is 8.11. The van der Waals surface area contributed by atoms with Crippen molar-refractivity contribution in [3.63, 3.8) is 0 Å². The van der Waals surface area contributed by atoms with E-state index in [-0.39, 0.29) is 11.4 Å². The molecule has 0 aliphatic heterocycles. The molecule has 2 aromatic carbocycles. The van der Waals surface area contributed by atoms with Crippen LogP contribution in [0.3, 0.4) is 0 Å². The minimum Gasteiger partial charge on any atom is -0.365 e. The van der Waals surface area contributed by atoms with Crippen LogP contribution in [0.2, 0.25) is 0 Å². The van der Waals surface area contributed by atoms with Gasteiger partial charge in [0.05, 0.1) is 5.56 Å². The fourth-order valence-corrected chi connectivity index (χ4v) is 3.06. The summed E-state index contributed by atoms with van der Waals surface area (Å²) in [7, 11) is 4.05. The number of urea groups is 1. The van der Waals surface area contributed by atoms with Crippen LogP contribution in [0.5, 0.6) is 0 Å². The molecule has 0 saturated carbocycles. The van der Waals surface area contributed by atoms with E-state index in [1.807, 2.05) is 44.4 Å². The van der Waals surface area contributed by atoms with Gasteiger partial charge in [-0.15, -0.1) is 0 Å². The van der Waals surface area contributed by atoms with Crippen molar-refractivity contribution in [3.05, 3.63) is 53.6 Å². The number of hydrogen-bond acceptors (Lipinski definition) is 3. The molecule has 0 aliphatic rings. The molecule has 3 rings (SSSR count). The van der Waals surface area contributed by atoms with E-state index in [0.29, 0.717) is 10.9 Å². The van der Waals surface area contributed by atoms with E-state index in [1.54, 1.807) is 0 Å². The Kier molecular flexibility index (Phi) is 4.64. The largest absolute Gasteiger partial charge is 0.365 e. The molecule has 0 fully saturated rings. The van der Waals surface area contributed by atoms with Gasteiger partial charge >= 0.3 is 6.03 Å². The Morgan fingerprint density at radius 1 is 1.08 bits per heavy atom. The van der Waals surface area contributed by atoms with Gasteiger partial charge in [0.25, 0.3) is 5.91 Å². The Labute approximate surface area is 151 Å². The molecule has 134 valence electrons. The molecule has 1 heterocycles. The van der Waals surface area contributed by atoms with E-state index in [9.17, 15) is 9.59 Å². The lowest BCUT2D eigenvalue weighted by Crippen LogP contribution is -2.22. The van der Waals surface area contributed by atoms with Gasteiger partial charge in [-0.05, 0) is 42.9 Å². The second-order valence-electron chi connectivity index (χ2n) is 6.43. The lowest BCUT2D eigenvalue weighted by molar-refractivity contribution is 0.100. The number of primary amides is 2. The number of nitrogens with zero attached hydrogens (tertiary/aromatic N) is 1. The third kappa shape index (κ3) is 3.52. The summed E-state index contributed by atoms with van der Waals surface area (Å²) in [5.74, 6) is -0.431. The first-order chi connectivity index (χ1) is 12.3. The summed E-state index contributed by atoms with van der Waals surface area (Å²) in [5, 5.41) is 3.04. The number of hydrogen-bond donors (Lipinski definition) is 4. The number of nitrogens with one attached hydrogen (secondary N) is 2. The zero-order valence-corrected chi connectivity index (χ0v) is 14.7. The van der Waals surface area contributed by atoms with Gasteiger partial charge in [0, 0.05) is 17.4 Å². The Balaban J connectivity index is 2.07. The molecular formula is C19H21N5O2. The Morgan fingerprint density at radius 3 is 2.46 bits per heavy atom. The molecule has 0 bridgehead atoms. The molecule has 0 saturated heterocycles. The van der Waals surface area contributed by atoms with Crippen LogP contribution in [-0.2, 0) is 6.54 Å². The van der Waals surface area contributed by atoms with E-state index < -0.39 is 11.9 Å². The van der Waals surface area contributed by atoms with E-state index >= 15 is 0 Å². The van der Waals surface area contributed by atoms with Crippen LogP contribution in [0, 0.1) is 0 Å². The van der Waals surface area contributed by atoms with Gasteiger partial charge in [-0.25, -0.2) is 4.79 Å². The molecule has 1 aromatic heterocycles. The highest BCUT2D eigenvalue weighted by Crippen LogP contribution is 2.30. The van der Waals surface area contributed by atoms with Crippen molar-refractivity contribution in [2.75, 3.05) is 19.4 Å². The molecule has 0 unspecified atom stereocenters. The molecule has 0 atom stereocenters. The van der Waals surface area contributed by atoms with Gasteiger partial charge in [-0.3, -0.25) is 10.1 Å². The lowest BCUT2D eigenvalue weighted by Gasteiger charge is -2.11. The van der Waals surface area contributed by atoms with E-state index in [1.165, 1.54) is 5.56 Å². The minimum atomic E-state index is -0.768. The Hall–Kier alpha value is -3.32. The maximum Gasteiger partial charge on any atom is 0.317 e. The average Bonchev–Trinajstić information content (AvgIpc) is 2.90. The van der Waals surface area contributed by atoms with E-state index in [2.05, 4.69) is 27.3 Å². The number of H-pyrrole nitrogens is 1. The monoisotopic (exact) mass is 351 g/mol. The fraction of sp³-hybridized carbons (Fsp3) is 0.158. The summed E-state index contributed by atoms with van der Waals surface area (Å²) in [6, 6.07) is 13.1. The van der Waals surface area contributed by atoms with Gasteiger partial charge in [-0.1, -0.05) is 30.3 Å². The van der Waals surface area contributed by atoms with Crippen molar-refractivity contribution >= 4 is 28.7 Å². The molecule has 26 heavy (non-hydrogen) atoms. The van der Waals surface area contributed by atoms with Crippen molar-refractivity contribution in [1.82, 2.24) is 9.88 Å². The predicted octanol–water partition coefficient (Wildman–Crippen LogP) is 2.49. The average molecular weight is 351 g/mol. The number of benzene rings is 2. The maximum atomic E-state index is 11.8. The fourth-order valence-electron chi connectivity index (χ4n) is 3.06. The van der Waals surface area contributed by atoms with Crippen LogP contribution in [0.1, 0.15) is 15.9 Å². The summed E-state index contributed by atoms with van der Waals surface area (Å²) in [6.45, 7) is 0.844. The Morgan fingerprint density at radius 2 is 1.81 bits per heavy atom. The molecule has 6 N–H and O–H groups in total. The highest BCUT2D eigenvalue weighted by molar-refractivity contribution is 6.13. The highest BCUT2D eigenvalue weighted by Gasteiger charge is 2.17. The van der Waals surface area contributed by atoms with Crippen LogP contribution >= 0.6 is 0 Å². The van der Waals surface area contributed by atoms with E-state index in [4.69, 9.17) is 11.5 Å². The topological polar surface area (TPSA) is 117 Å². The molecule has 3 amide bonds. The molecule has 0 aliphatic carbocycles. The molecule has 7 nitrogen and oxygen atoms in total. The zero-order valence-electron chi connectivity index (χ0n) is 14.7. The van der Waals surface area contributed by atoms with Crippen LogP contribution in [0.4, 0.5) is 10.6 Å². The predicted molar refractivity (Wildman–Crippen MR) is 103 cm³/mol. The van der Waals surface area contributed by atoms with Gasteiger partial charge in [0.15, 0.2) is 0 Å². The number of carbonyl (C=O) groups is 2. The molecule has 0 spiro atoms. The number of aromatic nitrogens is 1. The summed E-state index contributed by atoms with van der Waals surface area (Å²) in [5.41, 5.74) is 14.8. The van der Waals surface area contributed by atoms with Crippen molar-refractivity contribution in [1.29, 1.82) is 0 Å². The zero-order chi connectivity index (χ0) is 18.8. The van der Waals surface area contributed by atoms with Crippen LogP contribution in [-0.4, -0.2) is 35.9 Å². The normalized spacial score (nSPS) is 11.0. The van der Waals surface area contributed by atoms with Crippen LogP contribution in [0.15, 0.2) is 42.5 Å². The first kappa shape index (κ1) is 17.5. The van der Waals surface area contributed by atoms with Crippen molar-refractivity contribution in [3.8, 4) is 11.1 Å². The highest BCUT2D eigenvalue weighted by atomic mass is 16.2. The quantitative estimate of drug-likeness (QED) is 0.565. The number of anilines is 1. The summed E-state index contributed by atoms with van der Waals surface area (Å²) < 4.78 is 0. The molecule has 7 heteroatoms. The molecule has 0 radical (unpaired) electrons. The summed E-state index contributed by atoms with van der Waals surface area (Å²) in [4.78, 5) is 28.1. The maximum absolute atomic E-state index is 11.8. The number of carbonyl (C=O) groups excluding carboxylic acids is 2. The first-order valence-corrected chi connectivity index (χ1v) is 8.11. The third-order valence-electron chi connectivity index (χ3n) is 4.05. The summed E-state index contributed by atoms with van der Waals surface area (Å²) >= 11 is 0. The van der Waals surface area contributed by atoms with Gasteiger partial charge in [0.1, 0.15) is 5.82 Å². The van der Waals surface area contributed by atoms with Crippen LogP contribution < -0.4 is 16.8 Å².